The van der Waals surface area contributed by atoms with Crippen molar-refractivity contribution in [2.45, 2.75) is 26.3 Å². The van der Waals surface area contributed by atoms with Gasteiger partial charge in [-0.15, -0.1) is 0 Å². The molecule has 4 amide bonds. The van der Waals surface area contributed by atoms with E-state index < -0.39 is 17.7 Å². The summed E-state index contributed by atoms with van der Waals surface area (Å²) < 4.78 is 0. The van der Waals surface area contributed by atoms with E-state index in [2.05, 4.69) is 10.6 Å². The number of nitrogens with one attached hydrogen (secondary N) is 2. The number of nitrogens with two attached hydrogens (primary N) is 1. The number of primary amides is 1. The van der Waals surface area contributed by atoms with Crippen molar-refractivity contribution in [3.63, 3.8) is 0 Å². The van der Waals surface area contributed by atoms with E-state index in [0.717, 1.165) is 11.1 Å². The van der Waals surface area contributed by atoms with Crippen LogP contribution in [-0.2, 0) is 20.9 Å². The van der Waals surface area contributed by atoms with Crippen LogP contribution in [0.1, 0.15) is 34.3 Å². The van der Waals surface area contributed by atoms with Gasteiger partial charge >= 0.3 is 0 Å². The Labute approximate surface area is 180 Å². The Morgan fingerprint density at radius 1 is 1.10 bits per heavy atom. The lowest BCUT2D eigenvalue weighted by Gasteiger charge is -2.17. The minimum atomic E-state index is -0.511. The summed E-state index contributed by atoms with van der Waals surface area (Å²) in [6.45, 7) is 2.90. The van der Waals surface area contributed by atoms with Crippen LogP contribution < -0.4 is 16.4 Å². The van der Waals surface area contributed by atoms with Crippen LogP contribution in [-0.4, -0.2) is 41.6 Å². The highest BCUT2D eigenvalue weighted by molar-refractivity contribution is 6.05. The number of carbonyl (C=O) groups is 4. The average molecular weight is 422 g/mol. The molecule has 1 saturated heterocycles. The van der Waals surface area contributed by atoms with Crippen molar-refractivity contribution < 1.29 is 19.2 Å². The van der Waals surface area contributed by atoms with Gasteiger partial charge in [0.15, 0.2) is 0 Å². The summed E-state index contributed by atoms with van der Waals surface area (Å²) in [5, 5.41) is 5.38. The smallest absolute Gasteiger partial charge is 0.253 e. The van der Waals surface area contributed by atoms with Gasteiger partial charge in [0, 0.05) is 32.5 Å². The molecule has 1 unspecified atom stereocenters. The molecule has 4 N–H and O–H groups in total. The van der Waals surface area contributed by atoms with Crippen molar-refractivity contribution >= 4 is 29.3 Å². The van der Waals surface area contributed by atoms with Crippen molar-refractivity contribution in [2.24, 2.45) is 11.7 Å². The van der Waals surface area contributed by atoms with Crippen LogP contribution in [0.4, 0.5) is 5.69 Å². The van der Waals surface area contributed by atoms with Gasteiger partial charge in [-0.2, -0.15) is 0 Å². The van der Waals surface area contributed by atoms with Crippen molar-refractivity contribution in [1.29, 1.82) is 0 Å². The highest BCUT2D eigenvalue weighted by Crippen LogP contribution is 2.23. The monoisotopic (exact) mass is 422 g/mol. The summed E-state index contributed by atoms with van der Waals surface area (Å²) in [4.78, 5) is 50.1. The molecule has 1 aliphatic heterocycles. The van der Waals surface area contributed by atoms with Gasteiger partial charge in [-0.25, -0.2) is 0 Å². The third kappa shape index (κ3) is 5.91. The molecule has 1 aliphatic rings. The Morgan fingerprint density at radius 3 is 2.52 bits per heavy atom. The van der Waals surface area contributed by atoms with Gasteiger partial charge in [0.1, 0.15) is 0 Å². The number of rotatable bonds is 8. The summed E-state index contributed by atoms with van der Waals surface area (Å²) in [5.74, 6) is -1.80. The summed E-state index contributed by atoms with van der Waals surface area (Å²) in [7, 11) is 0. The van der Waals surface area contributed by atoms with Crippen LogP contribution in [0.25, 0.3) is 0 Å². The number of carbonyl (C=O) groups excluding carboxylic acids is 4. The molecular weight excluding hydrogens is 396 g/mol. The zero-order chi connectivity index (χ0) is 22.4. The van der Waals surface area contributed by atoms with Gasteiger partial charge in [-0.3, -0.25) is 19.2 Å². The predicted octanol–water partition coefficient (Wildman–Crippen LogP) is 1.59. The first-order valence-corrected chi connectivity index (χ1v) is 10.1. The minimum absolute atomic E-state index is 0.0290. The van der Waals surface area contributed by atoms with Crippen LogP contribution in [0, 0.1) is 12.8 Å². The Kier molecular flexibility index (Phi) is 7.02. The molecule has 0 aromatic heterocycles. The van der Waals surface area contributed by atoms with E-state index in [1.165, 1.54) is 0 Å². The normalized spacial score (nSPS) is 15.6. The zero-order valence-corrected chi connectivity index (χ0v) is 17.4. The second-order valence-electron chi connectivity index (χ2n) is 7.67. The molecule has 2 aromatic carbocycles. The van der Waals surface area contributed by atoms with Crippen LogP contribution in [0.2, 0.25) is 0 Å². The quantitative estimate of drug-likeness (QED) is 0.598. The van der Waals surface area contributed by atoms with E-state index in [-0.39, 0.29) is 36.8 Å². The molecule has 1 atom stereocenters. The lowest BCUT2D eigenvalue weighted by atomic mass is 10.1. The molecule has 8 heteroatoms. The van der Waals surface area contributed by atoms with Crippen LogP contribution >= 0.6 is 0 Å². The van der Waals surface area contributed by atoms with Crippen molar-refractivity contribution in [1.82, 2.24) is 10.2 Å². The second kappa shape index (κ2) is 9.88. The van der Waals surface area contributed by atoms with Gasteiger partial charge in [0.05, 0.1) is 17.2 Å². The number of nitrogens with zero attached hydrogens (tertiary/aromatic N) is 1. The number of aryl methyl sites for hydroxylation is 1. The summed E-state index contributed by atoms with van der Waals surface area (Å²) in [6, 6.07) is 14.5. The molecule has 31 heavy (non-hydrogen) atoms. The van der Waals surface area contributed by atoms with Gasteiger partial charge in [-0.05, 0) is 24.6 Å². The molecule has 2 aromatic rings. The lowest BCUT2D eigenvalue weighted by molar-refractivity contribution is -0.128. The number of amides is 4. The molecule has 0 bridgehead atoms. The fourth-order valence-electron chi connectivity index (χ4n) is 3.43. The van der Waals surface area contributed by atoms with Gasteiger partial charge < -0.3 is 21.3 Å². The Hall–Kier alpha value is -3.68. The van der Waals surface area contributed by atoms with E-state index >= 15 is 0 Å². The van der Waals surface area contributed by atoms with Crippen molar-refractivity contribution in [3.05, 3.63) is 65.2 Å². The molecule has 3 rings (SSSR count). The molecule has 0 spiro atoms. The van der Waals surface area contributed by atoms with Gasteiger partial charge in [-0.1, -0.05) is 42.0 Å². The number of benzene rings is 2. The third-order valence-electron chi connectivity index (χ3n) is 5.17. The predicted molar refractivity (Wildman–Crippen MR) is 116 cm³/mol. The van der Waals surface area contributed by atoms with Crippen molar-refractivity contribution in [3.8, 4) is 0 Å². The first-order chi connectivity index (χ1) is 14.8. The number of hydrogen-bond acceptors (Lipinski definition) is 4. The van der Waals surface area contributed by atoms with E-state index in [1.807, 2.05) is 31.2 Å². The Morgan fingerprint density at radius 2 is 1.81 bits per heavy atom. The molecule has 0 radical (unpaired) electrons. The SMILES string of the molecule is Cc1ccc(CN2CC(C(=O)Nc3ccccc3C(=O)NCCC(N)=O)CC2=O)cc1. The maximum absolute atomic E-state index is 12.8. The summed E-state index contributed by atoms with van der Waals surface area (Å²) in [6.07, 6.45) is 0.159. The average Bonchev–Trinajstić information content (AvgIpc) is 3.10. The minimum Gasteiger partial charge on any atom is -0.370 e. The van der Waals surface area contributed by atoms with Crippen LogP contribution in [0.5, 0.6) is 0 Å². The second-order valence-corrected chi connectivity index (χ2v) is 7.67. The van der Waals surface area contributed by atoms with E-state index in [4.69, 9.17) is 5.73 Å². The molecule has 0 saturated carbocycles. The molecule has 162 valence electrons. The third-order valence-corrected chi connectivity index (χ3v) is 5.17. The largest absolute Gasteiger partial charge is 0.370 e. The van der Waals surface area contributed by atoms with Gasteiger partial charge in [0.25, 0.3) is 5.91 Å². The van der Waals surface area contributed by atoms with E-state index in [1.54, 1.807) is 29.2 Å². The summed E-state index contributed by atoms with van der Waals surface area (Å²) in [5.41, 5.74) is 7.87. The fourth-order valence-corrected chi connectivity index (χ4v) is 3.43. The standard InChI is InChI=1S/C23H26N4O4/c1-15-6-8-16(9-7-15)13-27-14-17(12-21(27)29)22(30)26-19-5-3-2-4-18(19)23(31)25-11-10-20(24)28/h2-9,17H,10-14H2,1H3,(H2,24,28)(H,25,31)(H,26,30). The lowest BCUT2D eigenvalue weighted by Crippen LogP contribution is -2.30. The maximum atomic E-state index is 12.8. The topological polar surface area (TPSA) is 122 Å². The zero-order valence-electron chi connectivity index (χ0n) is 17.4. The van der Waals surface area contributed by atoms with Crippen LogP contribution in [0.3, 0.4) is 0 Å². The van der Waals surface area contributed by atoms with Gasteiger partial charge in [0.2, 0.25) is 17.7 Å². The maximum Gasteiger partial charge on any atom is 0.253 e. The highest BCUT2D eigenvalue weighted by Gasteiger charge is 2.34. The molecule has 8 nitrogen and oxygen atoms in total. The van der Waals surface area contributed by atoms with Crippen LogP contribution in [0.15, 0.2) is 48.5 Å². The number of hydrogen-bond donors (Lipinski definition) is 3. The Bertz CT molecular complexity index is 987. The Balaban J connectivity index is 1.61. The molecular formula is C23H26N4O4. The molecule has 1 fully saturated rings. The first-order valence-electron chi connectivity index (χ1n) is 10.1. The fraction of sp³-hybridized carbons (Fsp3) is 0.304. The highest BCUT2D eigenvalue weighted by atomic mass is 16.2. The molecule has 0 aliphatic carbocycles. The van der Waals surface area contributed by atoms with Crippen molar-refractivity contribution in [2.75, 3.05) is 18.4 Å². The number of para-hydroxylation sites is 1. The van der Waals surface area contributed by atoms with E-state index in [0.29, 0.717) is 18.8 Å². The molecule has 1 heterocycles. The van der Waals surface area contributed by atoms with E-state index in [9.17, 15) is 19.2 Å². The first kappa shape index (κ1) is 22.0. The number of anilines is 1. The number of likely N-dealkylation sites (tertiary alicyclic amines) is 1. The summed E-state index contributed by atoms with van der Waals surface area (Å²) >= 11 is 0.